The van der Waals surface area contributed by atoms with E-state index >= 15 is 0 Å². The first-order valence-corrected chi connectivity index (χ1v) is 11.7. The van der Waals surface area contributed by atoms with E-state index in [1.807, 2.05) is 56.9 Å². The predicted octanol–water partition coefficient (Wildman–Crippen LogP) is 4.12. The van der Waals surface area contributed by atoms with Crippen molar-refractivity contribution in [3.63, 3.8) is 0 Å². The number of amides is 1. The van der Waals surface area contributed by atoms with Crippen molar-refractivity contribution >= 4 is 11.6 Å². The molecule has 0 spiro atoms. The highest BCUT2D eigenvalue weighted by atomic mass is 19.4. The number of carbonyl (C=O) groups excluding carboxylic acids is 1. The number of aliphatic hydroxyl groups excluding tert-OH is 1. The Labute approximate surface area is 204 Å². The number of rotatable bonds is 7. The van der Waals surface area contributed by atoms with Gasteiger partial charge in [0.2, 0.25) is 0 Å². The highest BCUT2D eigenvalue weighted by Crippen LogP contribution is 2.36. The molecule has 35 heavy (non-hydrogen) atoms. The normalized spacial score (nSPS) is 19.6. The third-order valence-corrected chi connectivity index (χ3v) is 6.38. The van der Waals surface area contributed by atoms with Crippen molar-refractivity contribution in [3.05, 3.63) is 59.2 Å². The second kappa shape index (κ2) is 10.9. The number of ether oxygens (including phenoxy) is 1. The number of hydrogen-bond acceptors (Lipinski definition) is 5. The summed E-state index contributed by atoms with van der Waals surface area (Å²) in [7, 11) is 5.65. The zero-order chi connectivity index (χ0) is 25.9. The molecule has 192 valence electrons. The van der Waals surface area contributed by atoms with Crippen molar-refractivity contribution in [1.82, 2.24) is 9.80 Å². The maximum atomic E-state index is 13.4. The van der Waals surface area contributed by atoms with Crippen molar-refractivity contribution in [2.24, 2.45) is 5.92 Å². The van der Waals surface area contributed by atoms with Crippen LogP contribution >= 0.6 is 0 Å². The van der Waals surface area contributed by atoms with Crippen LogP contribution in [-0.4, -0.2) is 73.8 Å². The van der Waals surface area contributed by atoms with Gasteiger partial charge in [0, 0.05) is 39.6 Å². The predicted molar refractivity (Wildman–Crippen MR) is 130 cm³/mol. The molecule has 9 heteroatoms. The van der Waals surface area contributed by atoms with Gasteiger partial charge in [0.05, 0.1) is 29.5 Å². The molecular weight excluding hydrogens is 459 g/mol. The molecule has 1 N–H and O–H groups in total. The minimum atomic E-state index is -4.36. The maximum Gasteiger partial charge on any atom is 0.416 e. The van der Waals surface area contributed by atoms with E-state index in [9.17, 15) is 23.1 Å². The molecule has 1 aliphatic rings. The molecule has 0 fully saturated rings. The van der Waals surface area contributed by atoms with Crippen molar-refractivity contribution in [2.45, 2.75) is 38.7 Å². The Morgan fingerprint density at radius 3 is 2.37 bits per heavy atom. The van der Waals surface area contributed by atoms with Gasteiger partial charge in [0.25, 0.3) is 5.91 Å². The fraction of sp³-hybridized carbons (Fsp3) is 0.500. The molecule has 3 rings (SSSR count). The van der Waals surface area contributed by atoms with Crippen molar-refractivity contribution in [3.8, 4) is 5.75 Å². The standard InChI is InChI=1S/C26H34F3N3O3/c1-17-13-32(18(2)16-33)25(34)21-7-6-8-22(30(3)4)24(21)35-23(17)15-31(5)14-19-9-11-20(12-10-19)26(27,28)29/h6-12,17-18,23,33H,13-16H2,1-5H3/t17-,18-,23-/m0/s1. The molecule has 6 nitrogen and oxygen atoms in total. The molecule has 0 saturated carbocycles. The van der Waals surface area contributed by atoms with Crippen LogP contribution in [0.3, 0.4) is 0 Å². The van der Waals surface area contributed by atoms with Gasteiger partial charge < -0.3 is 19.6 Å². The summed E-state index contributed by atoms with van der Waals surface area (Å²) in [5.74, 6) is 0.247. The van der Waals surface area contributed by atoms with Crippen LogP contribution < -0.4 is 9.64 Å². The second-order valence-electron chi connectivity index (χ2n) is 9.56. The fourth-order valence-electron chi connectivity index (χ4n) is 4.28. The number of fused-ring (bicyclic) bond motifs is 1. The summed E-state index contributed by atoms with van der Waals surface area (Å²) in [6.07, 6.45) is -4.66. The average Bonchev–Trinajstić information content (AvgIpc) is 2.80. The number of halogens is 3. The molecule has 0 aromatic heterocycles. The Morgan fingerprint density at radius 1 is 1.14 bits per heavy atom. The van der Waals surface area contributed by atoms with Crippen LogP contribution in [0.5, 0.6) is 5.75 Å². The largest absolute Gasteiger partial charge is 0.486 e. The van der Waals surface area contributed by atoms with E-state index < -0.39 is 11.7 Å². The maximum absolute atomic E-state index is 13.4. The molecule has 0 aliphatic carbocycles. The first kappa shape index (κ1) is 26.8. The number of carbonyl (C=O) groups is 1. The van der Waals surface area contributed by atoms with E-state index in [1.165, 1.54) is 12.1 Å². The SMILES string of the molecule is C[C@H]1CN([C@@H](C)CO)C(=O)c2cccc(N(C)C)c2O[C@H]1CN(C)Cc1ccc(C(F)(F)F)cc1. The van der Waals surface area contributed by atoms with Crippen molar-refractivity contribution in [2.75, 3.05) is 45.7 Å². The average molecular weight is 494 g/mol. The number of nitrogens with zero attached hydrogens (tertiary/aromatic N) is 3. The van der Waals surface area contributed by atoms with Crippen LogP contribution in [0, 0.1) is 5.92 Å². The lowest BCUT2D eigenvalue weighted by Gasteiger charge is -2.39. The number of para-hydroxylation sites is 1. The minimum absolute atomic E-state index is 0.0635. The lowest BCUT2D eigenvalue weighted by Crippen LogP contribution is -2.49. The monoisotopic (exact) mass is 493 g/mol. The summed E-state index contributed by atoms with van der Waals surface area (Å²) in [4.78, 5) is 19.0. The van der Waals surface area contributed by atoms with Crippen LogP contribution in [0.2, 0.25) is 0 Å². The number of alkyl halides is 3. The molecule has 0 radical (unpaired) electrons. The first-order valence-electron chi connectivity index (χ1n) is 11.7. The number of likely N-dealkylation sites (N-methyl/N-ethyl adjacent to an activating group) is 1. The Morgan fingerprint density at radius 2 is 1.80 bits per heavy atom. The second-order valence-corrected chi connectivity index (χ2v) is 9.56. The van der Waals surface area contributed by atoms with Gasteiger partial charge in [-0.2, -0.15) is 13.2 Å². The number of aliphatic hydroxyl groups is 1. The summed E-state index contributed by atoms with van der Waals surface area (Å²) in [5, 5.41) is 9.78. The van der Waals surface area contributed by atoms with E-state index in [4.69, 9.17) is 4.74 Å². The third-order valence-electron chi connectivity index (χ3n) is 6.38. The molecule has 1 aliphatic heterocycles. The van der Waals surface area contributed by atoms with E-state index in [0.717, 1.165) is 23.4 Å². The summed E-state index contributed by atoms with van der Waals surface area (Å²) >= 11 is 0. The molecule has 3 atom stereocenters. The van der Waals surface area contributed by atoms with Gasteiger partial charge in [0.1, 0.15) is 6.10 Å². The fourth-order valence-corrected chi connectivity index (χ4v) is 4.28. The number of hydrogen-bond donors (Lipinski definition) is 1. The van der Waals surface area contributed by atoms with Crippen LogP contribution in [-0.2, 0) is 12.7 Å². The van der Waals surface area contributed by atoms with Gasteiger partial charge in [-0.25, -0.2) is 0 Å². The summed E-state index contributed by atoms with van der Waals surface area (Å²) in [6, 6.07) is 10.3. The molecule has 0 unspecified atom stereocenters. The van der Waals surface area contributed by atoms with E-state index in [0.29, 0.717) is 30.9 Å². The molecule has 0 bridgehead atoms. The van der Waals surface area contributed by atoms with Crippen LogP contribution in [0.25, 0.3) is 0 Å². The van der Waals surface area contributed by atoms with Gasteiger partial charge in [-0.1, -0.05) is 25.1 Å². The van der Waals surface area contributed by atoms with Crippen molar-refractivity contribution in [1.29, 1.82) is 0 Å². The third kappa shape index (κ3) is 6.27. The smallest absolute Gasteiger partial charge is 0.416 e. The zero-order valence-corrected chi connectivity index (χ0v) is 20.8. The number of anilines is 1. The van der Waals surface area contributed by atoms with E-state index in [-0.39, 0.29) is 30.6 Å². The Balaban J connectivity index is 1.87. The van der Waals surface area contributed by atoms with E-state index in [2.05, 4.69) is 0 Å². The zero-order valence-electron chi connectivity index (χ0n) is 20.8. The van der Waals surface area contributed by atoms with Crippen LogP contribution in [0.4, 0.5) is 18.9 Å². The lowest BCUT2D eigenvalue weighted by atomic mass is 9.98. The molecular formula is C26H34F3N3O3. The Bertz CT molecular complexity index is 1010. The van der Waals surface area contributed by atoms with Gasteiger partial charge in [-0.05, 0) is 43.8 Å². The molecule has 0 saturated heterocycles. The Hall–Kier alpha value is -2.78. The molecule has 2 aromatic rings. The van der Waals surface area contributed by atoms with Gasteiger partial charge in [-0.3, -0.25) is 9.69 Å². The highest BCUT2D eigenvalue weighted by molar-refractivity contribution is 5.99. The molecule has 2 aromatic carbocycles. The molecule has 1 amide bonds. The quantitative estimate of drug-likeness (QED) is 0.629. The van der Waals surface area contributed by atoms with Gasteiger partial charge in [-0.15, -0.1) is 0 Å². The lowest BCUT2D eigenvalue weighted by molar-refractivity contribution is -0.137. The van der Waals surface area contributed by atoms with Gasteiger partial charge >= 0.3 is 6.18 Å². The summed E-state index contributed by atoms with van der Waals surface area (Å²) in [6.45, 7) is 5.02. The number of benzene rings is 2. The van der Waals surface area contributed by atoms with Crippen LogP contribution in [0.15, 0.2) is 42.5 Å². The summed E-state index contributed by atoms with van der Waals surface area (Å²) < 4.78 is 45.2. The van der Waals surface area contributed by atoms with Crippen LogP contribution in [0.1, 0.15) is 35.3 Å². The minimum Gasteiger partial charge on any atom is -0.486 e. The van der Waals surface area contributed by atoms with Crippen molar-refractivity contribution < 1.29 is 27.8 Å². The van der Waals surface area contributed by atoms with Gasteiger partial charge in [0.15, 0.2) is 5.75 Å². The highest BCUT2D eigenvalue weighted by Gasteiger charge is 2.35. The summed E-state index contributed by atoms with van der Waals surface area (Å²) in [5.41, 5.74) is 1.31. The topological polar surface area (TPSA) is 56.3 Å². The first-order chi connectivity index (χ1) is 16.4. The Kier molecular flexibility index (Phi) is 8.33. The molecule has 1 heterocycles. The van der Waals surface area contributed by atoms with E-state index in [1.54, 1.807) is 11.0 Å².